The number of hydrogen-bond donors (Lipinski definition) is 3. The molecule has 0 atom stereocenters. The van der Waals surface area contributed by atoms with Gasteiger partial charge in [-0.1, -0.05) is 77.6 Å². The van der Waals surface area contributed by atoms with Crippen LogP contribution >= 0.6 is 0 Å². The van der Waals surface area contributed by atoms with Crippen molar-refractivity contribution in [1.82, 2.24) is 10.2 Å². The molecule has 0 bridgehead atoms. The number of benzene rings is 1. The predicted octanol–water partition coefficient (Wildman–Crippen LogP) is 7.43. The van der Waals surface area contributed by atoms with Gasteiger partial charge in [0.15, 0.2) is 0 Å². The predicted molar refractivity (Wildman–Crippen MR) is 172 cm³/mol. The minimum atomic E-state index is -0.614. The van der Waals surface area contributed by atoms with E-state index in [1.165, 1.54) is 57.8 Å². The minimum Gasteiger partial charge on any atom is -0.465 e. The largest absolute Gasteiger partial charge is 0.465 e. The lowest BCUT2D eigenvalue weighted by molar-refractivity contribution is -0.144. The zero-order valence-corrected chi connectivity index (χ0v) is 26.7. The molecule has 1 fully saturated rings. The summed E-state index contributed by atoms with van der Waals surface area (Å²) in [4.78, 5) is 38.3. The van der Waals surface area contributed by atoms with E-state index in [0.29, 0.717) is 43.3 Å². The number of rotatable bonds is 21. The molecule has 3 N–H and O–H groups in total. The van der Waals surface area contributed by atoms with E-state index in [9.17, 15) is 14.4 Å². The third-order valence-electron chi connectivity index (χ3n) is 8.06. The van der Waals surface area contributed by atoms with Crippen molar-refractivity contribution in [2.75, 3.05) is 38.2 Å². The zero-order valence-electron chi connectivity index (χ0n) is 26.7. The van der Waals surface area contributed by atoms with Crippen LogP contribution in [0.25, 0.3) is 0 Å². The third kappa shape index (κ3) is 17.1. The van der Waals surface area contributed by atoms with E-state index in [0.717, 1.165) is 51.6 Å². The Morgan fingerprint density at radius 1 is 0.837 bits per heavy atom. The van der Waals surface area contributed by atoms with Crippen LogP contribution in [0.4, 0.5) is 10.5 Å². The van der Waals surface area contributed by atoms with Gasteiger partial charge in [0, 0.05) is 17.7 Å². The quantitative estimate of drug-likeness (QED) is 0.0584. The molecule has 1 aliphatic rings. The molecule has 1 heterocycles. The molecule has 1 aromatic carbocycles. The van der Waals surface area contributed by atoms with Crippen molar-refractivity contribution < 1.29 is 23.9 Å². The lowest BCUT2D eigenvalue weighted by Gasteiger charge is -2.31. The Bertz CT molecular complexity index is 945. The fourth-order valence-corrected chi connectivity index (χ4v) is 5.42. The Morgan fingerprint density at radius 3 is 2.00 bits per heavy atom. The van der Waals surface area contributed by atoms with Crippen LogP contribution in [0.2, 0.25) is 0 Å². The van der Waals surface area contributed by atoms with Crippen molar-refractivity contribution in [1.29, 1.82) is 5.41 Å². The summed E-state index contributed by atoms with van der Waals surface area (Å²) in [6, 6.07) is 6.86. The number of nitrogens with one attached hydrogen (secondary N) is 3. The van der Waals surface area contributed by atoms with E-state index in [1.807, 2.05) is 6.92 Å². The van der Waals surface area contributed by atoms with Crippen molar-refractivity contribution in [3.63, 3.8) is 0 Å². The topological polar surface area (TPSA) is 121 Å². The maximum absolute atomic E-state index is 12.5. The van der Waals surface area contributed by atoms with Gasteiger partial charge in [-0.15, -0.1) is 0 Å². The first kappa shape index (κ1) is 36.3. The first-order chi connectivity index (χ1) is 20.9. The number of piperidine rings is 1. The molecule has 9 heteroatoms. The average molecular weight is 601 g/mol. The summed E-state index contributed by atoms with van der Waals surface area (Å²) < 4.78 is 10.3. The van der Waals surface area contributed by atoms with Gasteiger partial charge < -0.3 is 14.8 Å². The highest BCUT2D eigenvalue weighted by molar-refractivity contribution is 6.04. The van der Waals surface area contributed by atoms with Crippen LogP contribution in [0.1, 0.15) is 122 Å². The Labute approximate surface area is 259 Å². The molecule has 0 aliphatic carbocycles. The Hall–Kier alpha value is -2.94. The molecule has 43 heavy (non-hydrogen) atoms. The van der Waals surface area contributed by atoms with Gasteiger partial charge in [0.2, 0.25) is 5.91 Å². The van der Waals surface area contributed by atoms with Gasteiger partial charge in [0.25, 0.3) is 0 Å². The molecule has 1 aliphatic heterocycles. The number of alkyl carbamates (subject to hydrolysis) is 1. The van der Waals surface area contributed by atoms with Crippen molar-refractivity contribution in [2.45, 2.75) is 117 Å². The van der Waals surface area contributed by atoms with Crippen LogP contribution in [-0.2, 0) is 19.1 Å². The Morgan fingerprint density at radius 2 is 1.42 bits per heavy atom. The molecule has 0 aromatic heterocycles. The lowest BCUT2D eigenvalue weighted by atomic mass is 9.92. The van der Waals surface area contributed by atoms with Crippen LogP contribution in [0.5, 0.6) is 0 Å². The molecule has 9 nitrogen and oxygen atoms in total. The van der Waals surface area contributed by atoms with E-state index in [4.69, 9.17) is 14.9 Å². The van der Waals surface area contributed by atoms with E-state index in [1.54, 1.807) is 24.3 Å². The summed E-state index contributed by atoms with van der Waals surface area (Å²) in [5.41, 5.74) is 1.19. The second-order valence-corrected chi connectivity index (χ2v) is 11.7. The standard InChI is InChI=1S/C34H56N4O5/c1-3-5-6-7-8-9-10-11-12-13-14-15-26-43-34(41)37-33(35)29-17-19-30(20-18-29)36-31(39)21-16-28-22-24-38(25-23-28)27-32(40)42-4-2/h17-20,28H,3-16,21-27H2,1-2H3,(H,36,39)(H2,35,37,41). The van der Waals surface area contributed by atoms with Crippen LogP contribution in [0.15, 0.2) is 24.3 Å². The molecule has 2 rings (SSSR count). The smallest absolute Gasteiger partial charge is 0.412 e. The molecule has 0 unspecified atom stereocenters. The first-order valence-corrected chi connectivity index (χ1v) is 16.7. The van der Waals surface area contributed by atoms with Crippen molar-refractivity contribution in [2.24, 2.45) is 5.92 Å². The summed E-state index contributed by atoms with van der Waals surface area (Å²) >= 11 is 0. The molecule has 242 valence electrons. The van der Waals surface area contributed by atoms with E-state index in [-0.39, 0.29) is 17.7 Å². The van der Waals surface area contributed by atoms with Crippen LogP contribution in [-0.4, -0.2) is 61.6 Å². The van der Waals surface area contributed by atoms with Gasteiger partial charge in [0.1, 0.15) is 5.84 Å². The Kier molecular flexibility index (Phi) is 19.0. The summed E-state index contributed by atoms with van der Waals surface area (Å²) in [6.07, 6.45) is 17.6. The van der Waals surface area contributed by atoms with E-state index in [2.05, 4.69) is 22.5 Å². The number of unbranched alkanes of at least 4 members (excludes halogenated alkanes) is 11. The molecule has 1 aromatic rings. The van der Waals surface area contributed by atoms with E-state index >= 15 is 0 Å². The molecule has 0 saturated carbocycles. The summed E-state index contributed by atoms with van der Waals surface area (Å²) in [7, 11) is 0. The number of carbonyl (C=O) groups is 3. The SMILES string of the molecule is CCCCCCCCCCCCCCOC(=O)NC(=N)c1ccc(NC(=O)CCC2CCN(CC(=O)OCC)CC2)cc1. The molecule has 0 radical (unpaired) electrons. The third-order valence-corrected chi connectivity index (χ3v) is 8.06. The van der Waals surface area contributed by atoms with Gasteiger partial charge in [-0.25, -0.2) is 4.79 Å². The summed E-state index contributed by atoms with van der Waals surface area (Å²) in [5, 5.41) is 13.6. The average Bonchev–Trinajstić information content (AvgIpc) is 2.99. The summed E-state index contributed by atoms with van der Waals surface area (Å²) in [5.74, 6) is 0.211. The number of carbonyl (C=O) groups excluding carboxylic acids is 3. The van der Waals surface area contributed by atoms with Gasteiger partial charge >= 0.3 is 12.1 Å². The highest BCUT2D eigenvalue weighted by Crippen LogP contribution is 2.22. The lowest BCUT2D eigenvalue weighted by Crippen LogP contribution is -2.38. The van der Waals surface area contributed by atoms with Crippen molar-refractivity contribution >= 4 is 29.5 Å². The molecule has 0 spiro atoms. The van der Waals surface area contributed by atoms with E-state index < -0.39 is 6.09 Å². The number of amidine groups is 1. The molecular formula is C34H56N4O5. The minimum absolute atomic E-state index is 0.0353. The monoisotopic (exact) mass is 600 g/mol. The van der Waals surface area contributed by atoms with Gasteiger partial charge in [-0.3, -0.25) is 25.2 Å². The fourth-order valence-electron chi connectivity index (χ4n) is 5.42. The van der Waals surface area contributed by atoms with Gasteiger partial charge in [-0.05, 0) is 75.9 Å². The molecular weight excluding hydrogens is 544 g/mol. The number of nitrogens with zero attached hydrogens (tertiary/aromatic N) is 1. The number of ether oxygens (including phenoxy) is 2. The number of likely N-dealkylation sites (tertiary alicyclic amines) is 1. The number of amides is 2. The zero-order chi connectivity index (χ0) is 31.1. The van der Waals surface area contributed by atoms with Crippen molar-refractivity contribution in [3.05, 3.63) is 29.8 Å². The second kappa shape index (κ2) is 22.6. The fraction of sp³-hybridized carbons (Fsp3) is 0.706. The summed E-state index contributed by atoms with van der Waals surface area (Å²) in [6.45, 7) is 6.85. The van der Waals surface area contributed by atoms with Gasteiger partial charge in [0.05, 0.1) is 19.8 Å². The van der Waals surface area contributed by atoms with Crippen LogP contribution in [0.3, 0.4) is 0 Å². The Balaban J connectivity index is 1.51. The molecule has 2 amide bonds. The number of esters is 1. The van der Waals surface area contributed by atoms with Gasteiger partial charge in [-0.2, -0.15) is 0 Å². The number of anilines is 1. The van der Waals surface area contributed by atoms with Crippen LogP contribution < -0.4 is 10.6 Å². The van der Waals surface area contributed by atoms with Crippen molar-refractivity contribution in [3.8, 4) is 0 Å². The molecule has 1 saturated heterocycles. The second-order valence-electron chi connectivity index (χ2n) is 11.7. The first-order valence-electron chi connectivity index (χ1n) is 16.7. The maximum Gasteiger partial charge on any atom is 0.412 e. The number of hydrogen-bond acceptors (Lipinski definition) is 7. The van der Waals surface area contributed by atoms with Crippen LogP contribution in [0, 0.1) is 11.3 Å². The highest BCUT2D eigenvalue weighted by Gasteiger charge is 2.22. The maximum atomic E-state index is 12.5. The highest BCUT2D eigenvalue weighted by atomic mass is 16.5. The normalized spacial score (nSPS) is 13.8.